The van der Waals surface area contributed by atoms with E-state index in [-0.39, 0.29) is 18.2 Å². The molecule has 1 atom stereocenters. The summed E-state index contributed by atoms with van der Waals surface area (Å²) in [5.74, 6) is 0.328. The lowest BCUT2D eigenvalue weighted by molar-refractivity contribution is -0.384. The molecule has 1 rings (SSSR count). The van der Waals surface area contributed by atoms with Gasteiger partial charge in [0, 0.05) is 43.9 Å². The number of nitrogens with one attached hydrogen (secondary N) is 2. The number of aliphatic hydroxyl groups is 1. The molecule has 0 fully saturated rings. The van der Waals surface area contributed by atoms with Crippen LogP contribution in [0.25, 0.3) is 0 Å². The minimum atomic E-state index is -0.436. The van der Waals surface area contributed by atoms with Gasteiger partial charge in [-0.15, -0.1) is 0 Å². The number of nitro benzene ring substituents is 1. The Morgan fingerprint density at radius 3 is 2.61 bits per heavy atom. The lowest BCUT2D eigenvalue weighted by Gasteiger charge is -2.14. The summed E-state index contributed by atoms with van der Waals surface area (Å²) in [6.07, 6.45) is 2.75. The predicted octanol–water partition coefficient (Wildman–Crippen LogP) is 2.31. The molecule has 0 heterocycles. The van der Waals surface area contributed by atoms with E-state index in [9.17, 15) is 14.9 Å². The average Bonchev–Trinajstić information content (AvgIpc) is 2.55. The Morgan fingerprint density at radius 2 is 2.04 bits per heavy atom. The maximum Gasteiger partial charge on any atom is 0.269 e. The zero-order chi connectivity index (χ0) is 17.1. The van der Waals surface area contributed by atoms with E-state index in [4.69, 9.17) is 5.11 Å². The number of carbonyl (C=O) groups is 1. The van der Waals surface area contributed by atoms with Gasteiger partial charge < -0.3 is 15.7 Å². The molecule has 0 radical (unpaired) electrons. The molecule has 1 aromatic carbocycles. The Hall–Kier alpha value is -2.15. The van der Waals surface area contributed by atoms with Gasteiger partial charge in [-0.05, 0) is 30.9 Å². The van der Waals surface area contributed by atoms with Crippen LogP contribution in [-0.2, 0) is 4.79 Å². The first-order valence-electron chi connectivity index (χ1n) is 7.92. The molecule has 128 valence electrons. The number of nitrogens with zero attached hydrogens (tertiary/aromatic N) is 1. The van der Waals surface area contributed by atoms with Gasteiger partial charge in [0.25, 0.3) is 5.69 Å². The van der Waals surface area contributed by atoms with Crippen molar-refractivity contribution in [1.82, 2.24) is 5.32 Å². The van der Waals surface area contributed by atoms with Gasteiger partial charge in [0.15, 0.2) is 0 Å². The van der Waals surface area contributed by atoms with Crippen molar-refractivity contribution in [2.75, 3.05) is 25.0 Å². The fourth-order valence-corrected chi connectivity index (χ4v) is 2.16. The van der Waals surface area contributed by atoms with Crippen LogP contribution >= 0.6 is 0 Å². The summed E-state index contributed by atoms with van der Waals surface area (Å²) in [6.45, 7) is 3.42. The van der Waals surface area contributed by atoms with Gasteiger partial charge in [0.2, 0.25) is 5.91 Å². The van der Waals surface area contributed by atoms with Crippen molar-refractivity contribution in [3.05, 3.63) is 34.4 Å². The van der Waals surface area contributed by atoms with Crippen LogP contribution in [0.5, 0.6) is 0 Å². The number of anilines is 1. The first-order chi connectivity index (χ1) is 11.1. The molecule has 0 saturated carbocycles. The highest BCUT2D eigenvalue weighted by molar-refractivity contribution is 5.75. The number of aliphatic hydroxyl groups excluding tert-OH is 1. The van der Waals surface area contributed by atoms with E-state index in [0.717, 1.165) is 12.1 Å². The van der Waals surface area contributed by atoms with Gasteiger partial charge in [-0.2, -0.15) is 0 Å². The third-order valence-electron chi connectivity index (χ3n) is 3.69. The van der Waals surface area contributed by atoms with Crippen LogP contribution in [0, 0.1) is 16.0 Å². The highest BCUT2D eigenvalue weighted by Crippen LogP contribution is 2.15. The summed E-state index contributed by atoms with van der Waals surface area (Å²) in [7, 11) is 0. The molecule has 0 saturated heterocycles. The second-order valence-electron chi connectivity index (χ2n) is 5.42. The number of hydrogen-bond donors (Lipinski definition) is 3. The van der Waals surface area contributed by atoms with Gasteiger partial charge in [-0.1, -0.05) is 13.3 Å². The summed E-state index contributed by atoms with van der Waals surface area (Å²) in [5, 5.41) is 25.5. The maximum atomic E-state index is 11.7. The van der Waals surface area contributed by atoms with Crippen LogP contribution in [0.3, 0.4) is 0 Å². The molecule has 0 bridgehead atoms. The smallest absolute Gasteiger partial charge is 0.269 e. The molecule has 1 aromatic rings. The molecule has 23 heavy (non-hydrogen) atoms. The first-order valence-corrected chi connectivity index (χ1v) is 7.92. The standard InChI is InChI=1S/C16H25N3O4/c1-2-13(9-11-20)12-18-16(21)4-3-10-17-14-5-7-15(8-6-14)19(22)23/h5-8,13,17,20H,2-4,9-12H2,1H3,(H,18,21)/t13-/m0/s1. The zero-order valence-electron chi connectivity index (χ0n) is 13.5. The number of nitro groups is 1. The Labute approximate surface area is 136 Å². The van der Waals surface area contributed by atoms with E-state index in [2.05, 4.69) is 10.6 Å². The average molecular weight is 323 g/mol. The van der Waals surface area contributed by atoms with Gasteiger partial charge in [-0.3, -0.25) is 14.9 Å². The lowest BCUT2D eigenvalue weighted by Crippen LogP contribution is -2.29. The second-order valence-corrected chi connectivity index (χ2v) is 5.42. The SMILES string of the molecule is CC[C@@H](CCO)CNC(=O)CCCNc1ccc([N+](=O)[O-])cc1. The van der Waals surface area contributed by atoms with Crippen molar-refractivity contribution in [3.63, 3.8) is 0 Å². The summed E-state index contributed by atoms with van der Waals surface area (Å²) >= 11 is 0. The molecular weight excluding hydrogens is 298 g/mol. The highest BCUT2D eigenvalue weighted by atomic mass is 16.6. The van der Waals surface area contributed by atoms with Crippen LogP contribution in [0.15, 0.2) is 24.3 Å². The molecule has 0 spiro atoms. The van der Waals surface area contributed by atoms with Crippen LogP contribution in [0.2, 0.25) is 0 Å². The number of rotatable bonds is 11. The van der Waals surface area contributed by atoms with E-state index in [1.807, 2.05) is 6.92 Å². The number of hydrogen-bond acceptors (Lipinski definition) is 5. The van der Waals surface area contributed by atoms with Crippen LogP contribution in [-0.4, -0.2) is 35.6 Å². The third-order valence-corrected chi connectivity index (χ3v) is 3.69. The molecule has 0 unspecified atom stereocenters. The van der Waals surface area contributed by atoms with E-state index in [1.54, 1.807) is 12.1 Å². The van der Waals surface area contributed by atoms with E-state index < -0.39 is 4.92 Å². The monoisotopic (exact) mass is 323 g/mol. The Morgan fingerprint density at radius 1 is 1.35 bits per heavy atom. The predicted molar refractivity (Wildman–Crippen MR) is 89.3 cm³/mol. The molecular formula is C16H25N3O4. The zero-order valence-corrected chi connectivity index (χ0v) is 13.5. The molecule has 1 amide bonds. The fourth-order valence-electron chi connectivity index (χ4n) is 2.16. The van der Waals surface area contributed by atoms with Crippen LogP contribution < -0.4 is 10.6 Å². The molecule has 0 aliphatic heterocycles. The summed E-state index contributed by atoms with van der Waals surface area (Å²) in [6, 6.07) is 6.19. The van der Waals surface area contributed by atoms with Crippen molar-refractivity contribution in [3.8, 4) is 0 Å². The van der Waals surface area contributed by atoms with E-state index in [1.165, 1.54) is 12.1 Å². The number of amides is 1. The highest BCUT2D eigenvalue weighted by Gasteiger charge is 2.08. The molecule has 0 aliphatic rings. The number of benzene rings is 1. The van der Waals surface area contributed by atoms with Crippen molar-refractivity contribution in [2.24, 2.45) is 5.92 Å². The van der Waals surface area contributed by atoms with E-state index in [0.29, 0.717) is 38.3 Å². The normalized spacial score (nSPS) is 11.7. The van der Waals surface area contributed by atoms with Gasteiger partial charge >= 0.3 is 0 Å². The van der Waals surface area contributed by atoms with Gasteiger partial charge in [0.1, 0.15) is 0 Å². The summed E-state index contributed by atoms with van der Waals surface area (Å²) < 4.78 is 0. The molecule has 7 heteroatoms. The van der Waals surface area contributed by atoms with Crippen LogP contribution in [0.4, 0.5) is 11.4 Å². The minimum absolute atomic E-state index is 0.00638. The minimum Gasteiger partial charge on any atom is -0.396 e. The second kappa shape index (κ2) is 10.6. The van der Waals surface area contributed by atoms with Gasteiger partial charge in [0.05, 0.1) is 4.92 Å². The van der Waals surface area contributed by atoms with Crippen molar-refractivity contribution < 1.29 is 14.8 Å². The third kappa shape index (κ3) is 7.60. The van der Waals surface area contributed by atoms with Crippen molar-refractivity contribution >= 4 is 17.3 Å². The Kier molecular flexibility index (Phi) is 8.67. The van der Waals surface area contributed by atoms with Crippen LogP contribution in [0.1, 0.15) is 32.6 Å². The summed E-state index contributed by atoms with van der Waals surface area (Å²) in [5.41, 5.74) is 0.855. The quantitative estimate of drug-likeness (QED) is 0.329. The number of carbonyl (C=O) groups excluding carboxylic acids is 1. The Bertz CT molecular complexity index is 491. The maximum absolute atomic E-state index is 11.7. The van der Waals surface area contributed by atoms with Crippen molar-refractivity contribution in [2.45, 2.75) is 32.6 Å². The molecule has 3 N–H and O–H groups in total. The Balaban J connectivity index is 2.18. The number of non-ortho nitro benzene ring substituents is 1. The topological polar surface area (TPSA) is 104 Å². The molecule has 0 aliphatic carbocycles. The molecule has 7 nitrogen and oxygen atoms in total. The van der Waals surface area contributed by atoms with Gasteiger partial charge in [-0.25, -0.2) is 0 Å². The van der Waals surface area contributed by atoms with Crippen molar-refractivity contribution in [1.29, 1.82) is 0 Å². The molecule has 0 aromatic heterocycles. The fraction of sp³-hybridized carbons (Fsp3) is 0.562. The largest absolute Gasteiger partial charge is 0.396 e. The van der Waals surface area contributed by atoms with E-state index >= 15 is 0 Å². The lowest BCUT2D eigenvalue weighted by atomic mass is 10.0. The summed E-state index contributed by atoms with van der Waals surface area (Å²) in [4.78, 5) is 21.8. The first kappa shape index (κ1) is 18.9.